The van der Waals surface area contributed by atoms with Crippen molar-refractivity contribution in [1.82, 2.24) is 10.3 Å². The lowest BCUT2D eigenvalue weighted by Gasteiger charge is -2.10. The number of anilines is 1. The molecule has 0 saturated heterocycles. The Kier molecular flexibility index (Phi) is 6.26. The molecule has 2 N–H and O–H groups in total. The van der Waals surface area contributed by atoms with Crippen LogP contribution in [0.2, 0.25) is 0 Å². The van der Waals surface area contributed by atoms with Gasteiger partial charge in [0.25, 0.3) is 0 Å². The van der Waals surface area contributed by atoms with E-state index in [1.54, 1.807) is 7.11 Å². The van der Waals surface area contributed by atoms with Gasteiger partial charge in [0, 0.05) is 17.7 Å². The van der Waals surface area contributed by atoms with Crippen LogP contribution < -0.4 is 15.4 Å². The number of methoxy groups -OCH3 is 1. The molecule has 0 aliphatic heterocycles. The lowest BCUT2D eigenvalue weighted by Crippen LogP contribution is -2.34. The summed E-state index contributed by atoms with van der Waals surface area (Å²) in [7, 11) is 1.63. The number of aromatic nitrogens is 1. The molecule has 0 bridgehead atoms. The molecule has 3 aromatic rings. The van der Waals surface area contributed by atoms with Crippen molar-refractivity contribution in [2.45, 2.75) is 26.7 Å². The van der Waals surface area contributed by atoms with Gasteiger partial charge in [0.2, 0.25) is 11.8 Å². The maximum Gasteiger partial charge on any atom is 0.227 e. The zero-order valence-electron chi connectivity index (χ0n) is 16.1. The molecule has 0 spiro atoms. The van der Waals surface area contributed by atoms with Crippen LogP contribution in [-0.4, -0.2) is 23.1 Å². The first kappa shape index (κ1) is 19.8. The summed E-state index contributed by atoms with van der Waals surface area (Å²) in [6.45, 7) is 4.16. The van der Waals surface area contributed by atoms with E-state index < -0.39 is 0 Å². The minimum atomic E-state index is -0.0875. The van der Waals surface area contributed by atoms with Crippen molar-refractivity contribution in [2.75, 3.05) is 12.4 Å². The first-order valence-electron chi connectivity index (χ1n) is 9.10. The fourth-order valence-corrected chi connectivity index (χ4v) is 2.87. The topological polar surface area (TPSA) is 76.4 Å². The van der Waals surface area contributed by atoms with Crippen molar-refractivity contribution in [1.29, 1.82) is 0 Å². The summed E-state index contributed by atoms with van der Waals surface area (Å²) < 4.78 is 11.0. The molecule has 28 heavy (non-hydrogen) atoms. The number of hydrogen-bond acceptors (Lipinski definition) is 5. The smallest absolute Gasteiger partial charge is 0.227 e. The van der Waals surface area contributed by atoms with Crippen LogP contribution in [0.3, 0.4) is 0 Å². The van der Waals surface area contributed by atoms with E-state index in [0.29, 0.717) is 29.3 Å². The Hall–Kier alpha value is -2.93. The van der Waals surface area contributed by atoms with Crippen LogP contribution in [-0.2, 0) is 4.79 Å². The van der Waals surface area contributed by atoms with Crippen LogP contribution >= 0.6 is 12.2 Å². The zero-order chi connectivity index (χ0) is 20.1. The van der Waals surface area contributed by atoms with Gasteiger partial charge in [0.05, 0.1) is 7.11 Å². The molecular formula is C21H23N3O3S. The number of ether oxygens (including phenoxy) is 1. The van der Waals surface area contributed by atoms with E-state index >= 15 is 0 Å². The normalized spacial score (nSPS) is 10.9. The van der Waals surface area contributed by atoms with Gasteiger partial charge in [-0.2, -0.15) is 0 Å². The lowest BCUT2D eigenvalue weighted by molar-refractivity contribution is -0.119. The quantitative estimate of drug-likeness (QED) is 0.585. The van der Waals surface area contributed by atoms with Crippen molar-refractivity contribution in [3.05, 3.63) is 42.5 Å². The Bertz CT molecular complexity index is 980. The van der Waals surface area contributed by atoms with Crippen LogP contribution in [0.4, 0.5) is 5.69 Å². The van der Waals surface area contributed by atoms with Gasteiger partial charge in [-0.1, -0.05) is 13.8 Å². The van der Waals surface area contributed by atoms with E-state index in [0.717, 1.165) is 23.4 Å². The van der Waals surface area contributed by atoms with Crippen LogP contribution in [0, 0.1) is 5.92 Å². The molecule has 0 saturated carbocycles. The molecule has 1 amide bonds. The fraction of sp³-hybridized carbons (Fsp3) is 0.286. The highest BCUT2D eigenvalue weighted by Gasteiger charge is 2.11. The molecule has 1 aromatic heterocycles. The summed E-state index contributed by atoms with van der Waals surface area (Å²) in [6.07, 6.45) is 1.28. The van der Waals surface area contributed by atoms with Crippen molar-refractivity contribution < 1.29 is 13.9 Å². The zero-order valence-corrected chi connectivity index (χ0v) is 16.9. The highest BCUT2D eigenvalue weighted by molar-refractivity contribution is 7.80. The predicted molar refractivity (Wildman–Crippen MR) is 114 cm³/mol. The van der Waals surface area contributed by atoms with E-state index in [9.17, 15) is 4.79 Å². The molecule has 6 nitrogen and oxygen atoms in total. The standard InChI is InChI=1S/C21H23N3O3S/c1-13(2)4-11-19(25)24-21(28)22-15-7-10-18-17(12-15)23-20(27-18)14-5-8-16(26-3)9-6-14/h5-10,12-13H,4,11H2,1-3H3,(H2,22,24,25,28). The Labute approximate surface area is 169 Å². The summed E-state index contributed by atoms with van der Waals surface area (Å²) in [6, 6.07) is 13.0. The summed E-state index contributed by atoms with van der Waals surface area (Å²) in [5.41, 5.74) is 2.96. The van der Waals surface area contributed by atoms with E-state index in [1.165, 1.54) is 0 Å². The fourth-order valence-electron chi connectivity index (χ4n) is 2.63. The van der Waals surface area contributed by atoms with Gasteiger partial charge in [-0.25, -0.2) is 4.98 Å². The first-order chi connectivity index (χ1) is 13.4. The molecule has 0 fully saturated rings. The van der Waals surface area contributed by atoms with Gasteiger partial charge >= 0.3 is 0 Å². The maximum absolute atomic E-state index is 11.9. The SMILES string of the molecule is COc1ccc(-c2nc3cc(NC(=S)NC(=O)CCC(C)C)ccc3o2)cc1. The second-order valence-corrected chi connectivity index (χ2v) is 7.27. The van der Waals surface area contributed by atoms with Gasteiger partial charge in [0.15, 0.2) is 10.7 Å². The van der Waals surface area contributed by atoms with Gasteiger partial charge in [-0.3, -0.25) is 4.79 Å². The highest BCUT2D eigenvalue weighted by atomic mass is 32.1. The Morgan fingerprint density at radius 3 is 2.64 bits per heavy atom. The molecule has 146 valence electrons. The number of hydrogen-bond donors (Lipinski definition) is 2. The van der Waals surface area contributed by atoms with Crippen molar-refractivity contribution >= 4 is 40.0 Å². The monoisotopic (exact) mass is 397 g/mol. The molecule has 7 heteroatoms. The third kappa shape index (κ3) is 5.07. The van der Waals surface area contributed by atoms with Crippen LogP contribution in [0.15, 0.2) is 46.9 Å². The van der Waals surface area contributed by atoms with Gasteiger partial charge < -0.3 is 19.8 Å². The molecule has 0 aliphatic carbocycles. The van der Waals surface area contributed by atoms with Gasteiger partial charge in [0.1, 0.15) is 11.3 Å². The number of benzene rings is 2. The molecule has 0 radical (unpaired) electrons. The Morgan fingerprint density at radius 1 is 1.21 bits per heavy atom. The van der Waals surface area contributed by atoms with Crippen molar-refractivity contribution in [2.24, 2.45) is 5.92 Å². The number of nitrogens with one attached hydrogen (secondary N) is 2. The predicted octanol–water partition coefficient (Wildman–Crippen LogP) is 4.75. The number of fused-ring (bicyclic) bond motifs is 1. The summed E-state index contributed by atoms with van der Waals surface area (Å²) >= 11 is 5.22. The Balaban J connectivity index is 1.68. The average molecular weight is 398 g/mol. The van der Waals surface area contributed by atoms with E-state index in [1.807, 2.05) is 42.5 Å². The summed E-state index contributed by atoms with van der Waals surface area (Å²) in [4.78, 5) is 16.4. The minimum Gasteiger partial charge on any atom is -0.497 e. The Morgan fingerprint density at radius 2 is 1.96 bits per heavy atom. The van der Waals surface area contributed by atoms with Crippen LogP contribution in [0.5, 0.6) is 5.75 Å². The third-order valence-corrected chi connectivity index (χ3v) is 4.39. The van der Waals surface area contributed by atoms with Crippen LogP contribution in [0.1, 0.15) is 26.7 Å². The molecule has 1 heterocycles. The number of carbonyl (C=O) groups excluding carboxylic acids is 1. The second kappa shape index (κ2) is 8.84. The number of thiocarbonyl (C=S) groups is 1. The molecule has 2 aromatic carbocycles. The molecule has 3 rings (SSSR count). The third-order valence-electron chi connectivity index (χ3n) is 4.18. The largest absolute Gasteiger partial charge is 0.497 e. The number of oxazole rings is 1. The number of rotatable bonds is 6. The summed E-state index contributed by atoms with van der Waals surface area (Å²) in [5, 5.41) is 5.99. The maximum atomic E-state index is 11.9. The van der Waals surface area contributed by atoms with Crippen LogP contribution in [0.25, 0.3) is 22.6 Å². The first-order valence-corrected chi connectivity index (χ1v) is 9.51. The van der Waals surface area contributed by atoms with Crippen molar-refractivity contribution in [3.8, 4) is 17.2 Å². The minimum absolute atomic E-state index is 0.0875. The van der Waals surface area contributed by atoms with E-state index in [-0.39, 0.29) is 11.0 Å². The number of carbonyl (C=O) groups is 1. The molecule has 0 aliphatic rings. The highest BCUT2D eigenvalue weighted by Crippen LogP contribution is 2.27. The lowest BCUT2D eigenvalue weighted by atomic mass is 10.1. The number of amides is 1. The van der Waals surface area contributed by atoms with Gasteiger partial charge in [-0.05, 0) is 67.0 Å². The average Bonchev–Trinajstić information content (AvgIpc) is 3.09. The molecule has 0 unspecified atom stereocenters. The number of nitrogens with zero attached hydrogens (tertiary/aromatic N) is 1. The summed E-state index contributed by atoms with van der Waals surface area (Å²) in [5.74, 6) is 1.69. The van der Waals surface area contributed by atoms with Gasteiger partial charge in [-0.15, -0.1) is 0 Å². The van der Waals surface area contributed by atoms with E-state index in [2.05, 4.69) is 29.5 Å². The second-order valence-electron chi connectivity index (χ2n) is 6.86. The molecule has 0 atom stereocenters. The molecular weight excluding hydrogens is 374 g/mol. The van der Waals surface area contributed by atoms with Crippen molar-refractivity contribution in [3.63, 3.8) is 0 Å². The van der Waals surface area contributed by atoms with E-state index in [4.69, 9.17) is 21.4 Å².